The highest BCUT2D eigenvalue weighted by Crippen LogP contribution is 2.26. The minimum Gasteiger partial charge on any atom is -0.194 e. The Balaban J connectivity index is 2.31. The quantitative estimate of drug-likeness (QED) is 0.559. The van der Waals surface area contributed by atoms with Gasteiger partial charge in [-0.05, 0) is 11.9 Å². The van der Waals surface area contributed by atoms with Crippen molar-refractivity contribution in [1.82, 2.24) is 4.47 Å². The van der Waals surface area contributed by atoms with Crippen molar-refractivity contribution >= 4 is 11.9 Å². The fourth-order valence-corrected chi connectivity index (χ4v) is 1.08. The van der Waals surface area contributed by atoms with Crippen LogP contribution in [0.1, 0.15) is 0 Å². The number of hydroxylamine groups is 1. The molecule has 0 bridgehead atoms. The van der Waals surface area contributed by atoms with Crippen LogP contribution in [0.25, 0.3) is 0 Å². The van der Waals surface area contributed by atoms with E-state index >= 15 is 0 Å². The number of nitrogens with zero attached hydrogens (tertiary/aromatic N) is 1. The molecule has 0 radical (unpaired) electrons. The van der Waals surface area contributed by atoms with E-state index in [1.807, 2.05) is 0 Å². The molecule has 0 saturated heterocycles. The van der Waals surface area contributed by atoms with Crippen LogP contribution < -0.4 is 0 Å². The summed E-state index contributed by atoms with van der Waals surface area (Å²) in [6, 6.07) is 0. The first-order chi connectivity index (χ1) is 4.58. The van der Waals surface area contributed by atoms with Crippen LogP contribution in [0.5, 0.6) is 0 Å². The zero-order valence-corrected chi connectivity index (χ0v) is 5.58. The van der Waals surface area contributed by atoms with Gasteiger partial charge in [-0.2, -0.15) is 9.31 Å². The zero-order valence-electron chi connectivity index (χ0n) is 4.76. The average molecular weight is 171 g/mol. The lowest BCUT2D eigenvalue weighted by atomic mass is 10.7. The molecule has 0 N–H and O–H groups in total. The van der Waals surface area contributed by atoms with Crippen molar-refractivity contribution in [2.24, 2.45) is 0 Å². The van der Waals surface area contributed by atoms with E-state index in [1.54, 1.807) is 6.08 Å². The molecule has 0 amide bonds. The molecule has 2 nitrogen and oxygen atoms in total. The molecule has 1 rings (SSSR count). The van der Waals surface area contributed by atoms with Gasteiger partial charge in [-0.25, -0.2) is 0 Å². The van der Waals surface area contributed by atoms with Gasteiger partial charge in [-0.3, -0.25) is 0 Å². The van der Waals surface area contributed by atoms with Gasteiger partial charge in [0.15, 0.2) is 0 Å². The summed E-state index contributed by atoms with van der Waals surface area (Å²) in [5.41, 5.74) is 0. The molecule has 1 aliphatic rings. The minimum atomic E-state index is -4.58. The molecule has 6 heteroatoms. The molecule has 0 atom stereocenters. The van der Waals surface area contributed by atoms with Crippen molar-refractivity contribution in [3.05, 3.63) is 12.3 Å². The normalized spacial score (nSPS) is 18.5. The Morgan fingerprint density at radius 1 is 1.50 bits per heavy atom. The summed E-state index contributed by atoms with van der Waals surface area (Å²) in [5, 5.41) is 0. The van der Waals surface area contributed by atoms with Crippen LogP contribution in [0.15, 0.2) is 12.3 Å². The maximum absolute atomic E-state index is 11.4. The van der Waals surface area contributed by atoms with Gasteiger partial charge in [0.2, 0.25) is 0 Å². The molecule has 0 spiro atoms. The van der Waals surface area contributed by atoms with Gasteiger partial charge >= 0.3 is 6.36 Å². The molecule has 10 heavy (non-hydrogen) atoms. The van der Waals surface area contributed by atoms with Crippen LogP contribution in [0.4, 0.5) is 13.2 Å². The fraction of sp³-hybridized carbons (Fsp3) is 0.500. The molecule has 0 fully saturated rings. The van der Waals surface area contributed by atoms with Crippen molar-refractivity contribution in [3.63, 3.8) is 0 Å². The lowest BCUT2D eigenvalue weighted by molar-refractivity contribution is -0.377. The molecule has 58 valence electrons. The molecule has 0 aromatic heterocycles. The minimum absolute atomic E-state index is 0.524. The van der Waals surface area contributed by atoms with Crippen LogP contribution in [0.3, 0.4) is 0 Å². The Morgan fingerprint density at radius 3 is 2.60 bits per heavy atom. The molecular weight excluding hydrogens is 167 g/mol. The third-order valence-electron chi connectivity index (χ3n) is 0.719. The van der Waals surface area contributed by atoms with E-state index in [0.29, 0.717) is 10.2 Å². The molecule has 0 aliphatic carbocycles. The molecule has 0 aromatic carbocycles. The second kappa shape index (κ2) is 2.71. The van der Waals surface area contributed by atoms with Gasteiger partial charge in [-0.15, -0.1) is 13.2 Å². The van der Waals surface area contributed by atoms with Crippen molar-refractivity contribution in [2.75, 3.05) is 5.75 Å². The van der Waals surface area contributed by atoms with Gasteiger partial charge in [0.05, 0.1) is 0 Å². The first-order valence-corrected chi connectivity index (χ1v) is 3.37. The van der Waals surface area contributed by atoms with E-state index in [4.69, 9.17) is 0 Å². The van der Waals surface area contributed by atoms with Gasteiger partial charge < -0.3 is 0 Å². The van der Waals surface area contributed by atoms with Crippen molar-refractivity contribution in [3.8, 4) is 0 Å². The Morgan fingerprint density at radius 2 is 2.20 bits per heavy atom. The SMILES string of the molecule is FC(F)(F)ON1C=CCS1. The molecule has 0 saturated carbocycles. The average Bonchev–Trinajstić information content (AvgIpc) is 2.12. The van der Waals surface area contributed by atoms with E-state index in [2.05, 4.69) is 4.84 Å². The summed E-state index contributed by atoms with van der Waals surface area (Å²) in [6.07, 6.45) is -1.77. The number of rotatable bonds is 1. The fourth-order valence-electron chi connectivity index (χ4n) is 0.447. The summed E-state index contributed by atoms with van der Waals surface area (Å²) in [7, 11) is 0. The molecule has 1 aliphatic heterocycles. The molecule has 0 aromatic rings. The number of alkyl halides is 3. The van der Waals surface area contributed by atoms with Gasteiger partial charge in [0.25, 0.3) is 0 Å². The highest BCUT2D eigenvalue weighted by Gasteiger charge is 2.33. The van der Waals surface area contributed by atoms with Crippen LogP contribution in [0.2, 0.25) is 0 Å². The van der Waals surface area contributed by atoms with Crippen molar-refractivity contribution in [2.45, 2.75) is 6.36 Å². The Kier molecular flexibility index (Phi) is 2.10. The Bertz CT molecular complexity index is 146. The maximum atomic E-state index is 11.4. The van der Waals surface area contributed by atoms with Gasteiger partial charge in [-0.1, -0.05) is 6.08 Å². The smallest absolute Gasteiger partial charge is 0.194 e. The van der Waals surface area contributed by atoms with Gasteiger partial charge in [0.1, 0.15) is 0 Å². The third-order valence-corrected chi connectivity index (χ3v) is 1.51. The molecular formula is C4H4F3NOS. The largest absolute Gasteiger partial charge is 0.544 e. The van der Waals surface area contributed by atoms with Crippen LogP contribution in [0, 0.1) is 0 Å². The standard InChI is InChI=1S/C4H4F3NOS/c5-4(6,7)9-8-2-1-3-10-8/h1-2H,3H2. The Hall–Kier alpha value is -0.360. The predicted octanol–water partition coefficient (Wildman–Crippen LogP) is 1.92. The highest BCUT2D eigenvalue weighted by atomic mass is 32.2. The lowest BCUT2D eigenvalue weighted by Crippen LogP contribution is -2.20. The van der Waals surface area contributed by atoms with Crippen LogP contribution >= 0.6 is 11.9 Å². The first-order valence-electron chi connectivity index (χ1n) is 2.42. The Labute approximate surface area is 59.7 Å². The highest BCUT2D eigenvalue weighted by molar-refractivity contribution is 7.97. The first kappa shape index (κ1) is 7.74. The van der Waals surface area contributed by atoms with Crippen LogP contribution in [-0.2, 0) is 4.84 Å². The molecule has 1 heterocycles. The topological polar surface area (TPSA) is 12.5 Å². The second-order valence-corrected chi connectivity index (χ2v) is 2.45. The van der Waals surface area contributed by atoms with Crippen LogP contribution in [-0.4, -0.2) is 16.6 Å². The number of hydrogen-bond donors (Lipinski definition) is 0. The number of hydrogen-bond acceptors (Lipinski definition) is 3. The van der Waals surface area contributed by atoms with E-state index < -0.39 is 6.36 Å². The van der Waals surface area contributed by atoms with E-state index in [0.717, 1.165) is 11.9 Å². The third kappa shape index (κ3) is 2.49. The molecule has 0 unspecified atom stereocenters. The lowest BCUT2D eigenvalue weighted by Gasteiger charge is -2.14. The monoisotopic (exact) mass is 171 g/mol. The summed E-state index contributed by atoms with van der Waals surface area (Å²) in [6.45, 7) is 0. The summed E-state index contributed by atoms with van der Waals surface area (Å²) in [5.74, 6) is 0.524. The predicted molar refractivity (Wildman–Crippen MR) is 30.6 cm³/mol. The van der Waals surface area contributed by atoms with E-state index in [-0.39, 0.29) is 0 Å². The summed E-state index contributed by atoms with van der Waals surface area (Å²) < 4.78 is 34.9. The van der Waals surface area contributed by atoms with Crippen molar-refractivity contribution < 1.29 is 18.0 Å². The van der Waals surface area contributed by atoms with Crippen molar-refractivity contribution in [1.29, 1.82) is 0 Å². The summed E-state index contributed by atoms with van der Waals surface area (Å²) in [4.78, 5) is 3.51. The van der Waals surface area contributed by atoms with E-state index in [1.165, 1.54) is 6.20 Å². The number of halogens is 3. The second-order valence-electron chi connectivity index (χ2n) is 1.50. The summed E-state index contributed by atoms with van der Waals surface area (Å²) >= 11 is 0.949. The maximum Gasteiger partial charge on any atom is 0.544 e. The zero-order chi connectivity index (χ0) is 7.61. The van der Waals surface area contributed by atoms with Gasteiger partial charge in [0, 0.05) is 12.0 Å². The van der Waals surface area contributed by atoms with E-state index in [9.17, 15) is 13.2 Å².